The highest BCUT2D eigenvalue weighted by Crippen LogP contribution is 2.17. The zero-order valence-corrected chi connectivity index (χ0v) is 6.71. The van der Waals surface area contributed by atoms with Gasteiger partial charge in [-0.3, -0.25) is 4.90 Å². The number of nitrogens with zero attached hydrogens (tertiary/aromatic N) is 2. The molecule has 2 aliphatic rings. The SMILES string of the molecule is BN1CC(N2CCCC2)C1. The minimum Gasteiger partial charge on any atom is -0.346 e. The van der Waals surface area contributed by atoms with Crippen LogP contribution in [0.3, 0.4) is 0 Å². The van der Waals surface area contributed by atoms with Gasteiger partial charge < -0.3 is 4.81 Å². The number of hydrogen-bond acceptors (Lipinski definition) is 2. The average Bonchev–Trinajstić information content (AvgIpc) is 2.31. The number of likely N-dealkylation sites (tertiary alicyclic amines) is 1. The first kappa shape index (κ1) is 6.68. The molecule has 0 aromatic carbocycles. The first-order valence-electron chi connectivity index (χ1n) is 4.29. The summed E-state index contributed by atoms with van der Waals surface area (Å²) in [7, 11) is 2.20. The van der Waals surface area contributed by atoms with Crippen LogP contribution in [-0.2, 0) is 0 Å². The Morgan fingerprint density at radius 3 is 2.20 bits per heavy atom. The highest BCUT2D eigenvalue weighted by atomic mass is 15.3. The van der Waals surface area contributed by atoms with Crippen molar-refractivity contribution in [2.45, 2.75) is 18.9 Å². The van der Waals surface area contributed by atoms with Crippen LogP contribution in [0.15, 0.2) is 0 Å². The van der Waals surface area contributed by atoms with Crippen molar-refractivity contribution in [3.05, 3.63) is 0 Å². The molecule has 0 aromatic heterocycles. The van der Waals surface area contributed by atoms with E-state index in [-0.39, 0.29) is 0 Å². The first-order chi connectivity index (χ1) is 4.86. The lowest BCUT2D eigenvalue weighted by Gasteiger charge is -2.42. The summed E-state index contributed by atoms with van der Waals surface area (Å²) in [6, 6.07) is 0.910. The van der Waals surface area contributed by atoms with E-state index in [1.165, 1.54) is 39.0 Å². The van der Waals surface area contributed by atoms with Gasteiger partial charge in [-0.1, -0.05) is 0 Å². The Balaban J connectivity index is 1.78. The van der Waals surface area contributed by atoms with E-state index in [4.69, 9.17) is 0 Å². The molecule has 2 heterocycles. The molecule has 0 unspecified atom stereocenters. The molecule has 0 N–H and O–H groups in total. The summed E-state index contributed by atoms with van der Waals surface area (Å²) in [4.78, 5) is 5.03. The zero-order valence-electron chi connectivity index (χ0n) is 6.71. The van der Waals surface area contributed by atoms with Crippen LogP contribution in [0.2, 0.25) is 0 Å². The van der Waals surface area contributed by atoms with Crippen molar-refractivity contribution in [1.29, 1.82) is 0 Å². The van der Waals surface area contributed by atoms with Crippen LogP contribution in [-0.4, -0.2) is 49.9 Å². The molecule has 2 fully saturated rings. The van der Waals surface area contributed by atoms with Gasteiger partial charge in [-0.05, 0) is 25.9 Å². The summed E-state index contributed by atoms with van der Waals surface area (Å²) in [6.45, 7) is 5.33. The van der Waals surface area contributed by atoms with Gasteiger partial charge in [-0.2, -0.15) is 0 Å². The van der Waals surface area contributed by atoms with Crippen LogP contribution in [0.25, 0.3) is 0 Å². The number of rotatable bonds is 1. The molecule has 2 nitrogen and oxygen atoms in total. The van der Waals surface area contributed by atoms with Gasteiger partial charge in [-0.25, -0.2) is 0 Å². The maximum absolute atomic E-state index is 2.64. The topological polar surface area (TPSA) is 6.48 Å². The van der Waals surface area contributed by atoms with E-state index in [1.54, 1.807) is 0 Å². The van der Waals surface area contributed by atoms with Crippen LogP contribution in [0.5, 0.6) is 0 Å². The van der Waals surface area contributed by atoms with Gasteiger partial charge >= 0.3 is 0 Å². The maximum atomic E-state index is 2.64. The molecular formula is C7H15BN2. The highest BCUT2D eigenvalue weighted by molar-refractivity contribution is 6.04. The Bertz CT molecular complexity index is 117. The summed E-state index contributed by atoms with van der Waals surface area (Å²) in [5.74, 6) is 0. The zero-order chi connectivity index (χ0) is 6.97. The Morgan fingerprint density at radius 1 is 1.10 bits per heavy atom. The molecule has 0 atom stereocenters. The average molecular weight is 138 g/mol. The molecule has 56 valence electrons. The van der Waals surface area contributed by atoms with E-state index in [1.807, 2.05) is 0 Å². The third-order valence-electron chi connectivity index (χ3n) is 2.70. The van der Waals surface area contributed by atoms with Gasteiger partial charge in [0.25, 0.3) is 0 Å². The van der Waals surface area contributed by atoms with Crippen molar-refractivity contribution >= 4 is 7.98 Å². The molecule has 0 aromatic rings. The van der Waals surface area contributed by atoms with Crippen LogP contribution >= 0.6 is 0 Å². The van der Waals surface area contributed by atoms with Gasteiger partial charge in [-0.15, -0.1) is 0 Å². The second-order valence-electron chi connectivity index (χ2n) is 3.62. The summed E-state index contributed by atoms with van der Waals surface area (Å²) in [5, 5.41) is 0. The van der Waals surface area contributed by atoms with Gasteiger partial charge in [0.15, 0.2) is 7.98 Å². The van der Waals surface area contributed by atoms with Crippen molar-refractivity contribution < 1.29 is 0 Å². The fourth-order valence-corrected chi connectivity index (χ4v) is 2.00. The molecule has 2 aliphatic heterocycles. The third-order valence-corrected chi connectivity index (χ3v) is 2.70. The molecular weight excluding hydrogens is 123 g/mol. The monoisotopic (exact) mass is 138 g/mol. The summed E-state index contributed by atoms with van der Waals surface area (Å²) in [5.41, 5.74) is 0. The van der Waals surface area contributed by atoms with Crippen molar-refractivity contribution in [1.82, 2.24) is 9.71 Å². The minimum absolute atomic E-state index is 0.910. The van der Waals surface area contributed by atoms with E-state index >= 15 is 0 Å². The van der Waals surface area contributed by atoms with E-state index in [0.29, 0.717) is 0 Å². The fraction of sp³-hybridized carbons (Fsp3) is 1.00. The molecule has 0 amide bonds. The van der Waals surface area contributed by atoms with Gasteiger partial charge in [0, 0.05) is 19.1 Å². The second-order valence-corrected chi connectivity index (χ2v) is 3.62. The lowest BCUT2D eigenvalue weighted by molar-refractivity contribution is 0.112. The molecule has 0 spiro atoms. The minimum atomic E-state index is 0.910. The molecule has 0 bridgehead atoms. The van der Waals surface area contributed by atoms with Crippen LogP contribution in [0.1, 0.15) is 12.8 Å². The molecule has 2 rings (SSSR count). The normalized spacial score (nSPS) is 30.8. The van der Waals surface area contributed by atoms with Crippen LogP contribution in [0, 0.1) is 0 Å². The summed E-state index contributed by atoms with van der Waals surface area (Å²) in [6.07, 6.45) is 2.86. The van der Waals surface area contributed by atoms with Gasteiger partial charge in [0.2, 0.25) is 0 Å². The predicted molar refractivity (Wildman–Crippen MR) is 44.7 cm³/mol. The molecule has 0 aliphatic carbocycles. The van der Waals surface area contributed by atoms with Crippen molar-refractivity contribution in [2.75, 3.05) is 26.2 Å². The summed E-state index contributed by atoms with van der Waals surface area (Å²) >= 11 is 0. The van der Waals surface area contributed by atoms with Gasteiger partial charge in [0.1, 0.15) is 0 Å². The Hall–Kier alpha value is -0.0151. The second kappa shape index (κ2) is 2.55. The van der Waals surface area contributed by atoms with Crippen molar-refractivity contribution in [3.63, 3.8) is 0 Å². The van der Waals surface area contributed by atoms with Crippen molar-refractivity contribution in [2.24, 2.45) is 0 Å². The standard InChI is InChI=1S/C7H15BN2/c8-10-5-7(6-10)9-3-1-2-4-9/h7H,1-6,8H2. The lowest BCUT2D eigenvalue weighted by Crippen LogP contribution is -2.57. The van der Waals surface area contributed by atoms with E-state index in [2.05, 4.69) is 17.7 Å². The Labute approximate surface area is 63.6 Å². The molecule has 0 radical (unpaired) electrons. The van der Waals surface area contributed by atoms with Crippen LogP contribution in [0.4, 0.5) is 0 Å². The molecule has 2 saturated heterocycles. The first-order valence-corrected chi connectivity index (χ1v) is 4.29. The molecule has 10 heavy (non-hydrogen) atoms. The predicted octanol–water partition coefficient (Wildman–Crippen LogP) is -0.685. The quantitative estimate of drug-likeness (QED) is 0.442. The Morgan fingerprint density at radius 2 is 1.70 bits per heavy atom. The largest absolute Gasteiger partial charge is 0.346 e. The molecule has 0 saturated carbocycles. The lowest BCUT2D eigenvalue weighted by atomic mass is 10.0. The fourth-order valence-electron chi connectivity index (χ4n) is 2.00. The Kier molecular flexibility index (Phi) is 1.70. The van der Waals surface area contributed by atoms with Crippen molar-refractivity contribution in [3.8, 4) is 0 Å². The number of hydrogen-bond donors (Lipinski definition) is 0. The maximum Gasteiger partial charge on any atom is 0.185 e. The third kappa shape index (κ3) is 1.08. The van der Waals surface area contributed by atoms with Crippen LogP contribution < -0.4 is 0 Å². The molecule has 3 heteroatoms. The van der Waals surface area contributed by atoms with Gasteiger partial charge in [0.05, 0.1) is 0 Å². The van der Waals surface area contributed by atoms with E-state index in [0.717, 1.165) is 6.04 Å². The summed E-state index contributed by atoms with van der Waals surface area (Å²) < 4.78 is 0. The van der Waals surface area contributed by atoms with E-state index in [9.17, 15) is 0 Å². The highest BCUT2D eigenvalue weighted by Gasteiger charge is 2.29. The smallest absolute Gasteiger partial charge is 0.185 e. The van der Waals surface area contributed by atoms with E-state index < -0.39 is 0 Å².